The fourth-order valence-electron chi connectivity index (χ4n) is 3.88. The van der Waals surface area contributed by atoms with Crippen LogP contribution in [0.15, 0.2) is 63.9 Å². The van der Waals surface area contributed by atoms with Gasteiger partial charge in [-0.15, -0.1) is 5.10 Å². The van der Waals surface area contributed by atoms with Crippen molar-refractivity contribution in [3.8, 4) is 11.4 Å². The van der Waals surface area contributed by atoms with Crippen LogP contribution < -0.4 is 11.0 Å². The number of anilines is 2. The first-order valence-corrected chi connectivity index (χ1v) is 11.4. The van der Waals surface area contributed by atoms with Crippen molar-refractivity contribution in [2.75, 3.05) is 5.32 Å². The molecule has 0 fully saturated rings. The third-order valence-corrected chi connectivity index (χ3v) is 5.73. The molecule has 5 aromatic rings. The van der Waals surface area contributed by atoms with E-state index in [1.807, 2.05) is 50.2 Å². The summed E-state index contributed by atoms with van der Waals surface area (Å²) in [7, 11) is 0. The molecule has 0 unspecified atom stereocenters. The number of hydrogen-bond donors (Lipinski definition) is 1. The topological polar surface area (TPSA) is 103 Å². The largest absolute Gasteiger partial charge is 0.353 e. The number of rotatable bonds is 5. The summed E-state index contributed by atoms with van der Waals surface area (Å²) in [6.45, 7) is 10.4. The smallest absolute Gasteiger partial charge is 0.337 e. The molecule has 0 spiro atoms. The summed E-state index contributed by atoms with van der Waals surface area (Å²) in [5.74, 6) is 1.16. The van der Waals surface area contributed by atoms with E-state index in [1.165, 1.54) is 14.6 Å². The molecule has 0 amide bonds. The molecule has 9 nitrogen and oxygen atoms in total. The molecule has 3 aromatic heterocycles. The quantitative estimate of drug-likeness (QED) is 0.400. The molecule has 0 saturated carbocycles. The molecule has 0 bridgehead atoms. The van der Waals surface area contributed by atoms with Gasteiger partial charge in [0.05, 0.1) is 0 Å². The van der Waals surface area contributed by atoms with Gasteiger partial charge in [0.2, 0.25) is 17.7 Å². The lowest BCUT2D eigenvalue weighted by molar-refractivity contribution is 0.364. The zero-order valence-electron chi connectivity index (χ0n) is 20.4. The average Bonchev–Trinajstić information content (AvgIpc) is 3.38. The van der Waals surface area contributed by atoms with E-state index < -0.39 is 0 Å². The molecule has 3 heterocycles. The van der Waals surface area contributed by atoms with Crippen molar-refractivity contribution in [3.63, 3.8) is 0 Å². The van der Waals surface area contributed by atoms with Crippen LogP contribution in [-0.2, 0) is 12.0 Å². The van der Waals surface area contributed by atoms with E-state index in [4.69, 9.17) is 4.52 Å². The van der Waals surface area contributed by atoms with Crippen molar-refractivity contribution in [1.29, 1.82) is 0 Å². The van der Waals surface area contributed by atoms with Crippen molar-refractivity contribution in [3.05, 3.63) is 87.8 Å². The van der Waals surface area contributed by atoms with E-state index in [2.05, 4.69) is 58.4 Å². The van der Waals surface area contributed by atoms with Gasteiger partial charge < -0.3 is 9.84 Å². The molecule has 0 aliphatic rings. The van der Waals surface area contributed by atoms with Gasteiger partial charge in [0, 0.05) is 23.0 Å². The van der Waals surface area contributed by atoms with Crippen LogP contribution in [0, 0.1) is 13.8 Å². The minimum atomic E-state index is -0.350. The summed E-state index contributed by atoms with van der Waals surface area (Å²) < 4.78 is 8.18. The standard InChI is InChI=1S/C26H27N7O2/c1-16-7-6-8-20(13-16)28-24-27-17(2)14-21-30-32(25(34)33(21)24)15-22-29-23(31-35-22)18-9-11-19(12-10-18)26(3,4)5/h6-14H,15H2,1-5H3,(H,27,28). The number of benzene rings is 2. The predicted octanol–water partition coefficient (Wildman–Crippen LogP) is 4.65. The predicted molar refractivity (Wildman–Crippen MR) is 134 cm³/mol. The van der Waals surface area contributed by atoms with Crippen LogP contribution in [0.25, 0.3) is 17.0 Å². The molecule has 9 heteroatoms. The van der Waals surface area contributed by atoms with Crippen molar-refractivity contribution in [1.82, 2.24) is 29.3 Å². The van der Waals surface area contributed by atoms with Gasteiger partial charge in [-0.2, -0.15) is 4.98 Å². The van der Waals surface area contributed by atoms with Gasteiger partial charge in [0.15, 0.2) is 5.65 Å². The Morgan fingerprint density at radius 1 is 1.00 bits per heavy atom. The van der Waals surface area contributed by atoms with Crippen molar-refractivity contribution >= 4 is 17.3 Å². The van der Waals surface area contributed by atoms with Crippen molar-refractivity contribution in [2.24, 2.45) is 0 Å². The normalized spacial score (nSPS) is 11.8. The highest BCUT2D eigenvalue weighted by molar-refractivity contribution is 5.58. The summed E-state index contributed by atoms with van der Waals surface area (Å²) in [5.41, 5.74) is 4.94. The lowest BCUT2D eigenvalue weighted by Gasteiger charge is -2.18. The van der Waals surface area contributed by atoms with Crippen LogP contribution >= 0.6 is 0 Å². The van der Waals surface area contributed by atoms with Gasteiger partial charge in [-0.1, -0.05) is 62.3 Å². The second-order valence-electron chi connectivity index (χ2n) is 9.69. The van der Waals surface area contributed by atoms with Gasteiger partial charge in [0.25, 0.3) is 0 Å². The van der Waals surface area contributed by atoms with E-state index >= 15 is 0 Å². The molecule has 5 rings (SSSR count). The average molecular weight is 470 g/mol. The molecule has 0 radical (unpaired) electrons. The molecular weight excluding hydrogens is 442 g/mol. The SMILES string of the molecule is Cc1cccc(Nc2nc(C)cc3nn(Cc4nc(-c5ccc(C(C)(C)C)cc5)no4)c(=O)n23)c1. The Labute approximate surface area is 202 Å². The van der Waals surface area contributed by atoms with Crippen LogP contribution in [0.4, 0.5) is 11.6 Å². The molecule has 0 saturated heterocycles. The van der Waals surface area contributed by atoms with Gasteiger partial charge in [-0.05, 0) is 42.5 Å². The van der Waals surface area contributed by atoms with Crippen LogP contribution in [0.1, 0.15) is 43.5 Å². The maximum absolute atomic E-state index is 13.2. The molecule has 0 atom stereocenters. The lowest BCUT2D eigenvalue weighted by atomic mass is 9.87. The van der Waals surface area contributed by atoms with Crippen LogP contribution in [0.2, 0.25) is 0 Å². The first-order valence-electron chi connectivity index (χ1n) is 11.4. The third-order valence-electron chi connectivity index (χ3n) is 5.73. The summed E-state index contributed by atoms with van der Waals surface area (Å²) in [6.07, 6.45) is 0. The molecule has 35 heavy (non-hydrogen) atoms. The summed E-state index contributed by atoms with van der Waals surface area (Å²) in [6, 6.07) is 17.7. The highest BCUT2D eigenvalue weighted by atomic mass is 16.5. The number of aryl methyl sites for hydroxylation is 2. The maximum atomic E-state index is 13.2. The first-order chi connectivity index (χ1) is 16.7. The van der Waals surface area contributed by atoms with Crippen LogP contribution in [0.3, 0.4) is 0 Å². The van der Waals surface area contributed by atoms with E-state index in [9.17, 15) is 4.79 Å². The van der Waals surface area contributed by atoms with Gasteiger partial charge in [-0.3, -0.25) is 0 Å². The number of nitrogens with zero attached hydrogens (tertiary/aromatic N) is 6. The molecule has 2 aromatic carbocycles. The molecule has 1 N–H and O–H groups in total. The van der Waals surface area contributed by atoms with Crippen LogP contribution in [0.5, 0.6) is 0 Å². The molecule has 0 aliphatic heterocycles. The first kappa shape index (κ1) is 22.5. The summed E-state index contributed by atoms with van der Waals surface area (Å²) in [5, 5.41) is 11.8. The number of nitrogens with one attached hydrogen (secondary N) is 1. The minimum Gasteiger partial charge on any atom is -0.337 e. The Morgan fingerprint density at radius 2 is 1.77 bits per heavy atom. The molecular formula is C26H27N7O2. The van der Waals surface area contributed by atoms with E-state index in [-0.39, 0.29) is 17.6 Å². The number of hydrogen-bond acceptors (Lipinski definition) is 7. The highest BCUT2D eigenvalue weighted by Crippen LogP contribution is 2.25. The summed E-state index contributed by atoms with van der Waals surface area (Å²) >= 11 is 0. The highest BCUT2D eigenvalue weighted by Gasteiger charge is 2.18. The summed E-state index contributed by atoms with van der Waals surface area (Å²) in [4.78, 5) is 22.2. The Balaban J connectivity index is 1.44. The van der Waals surface area contributed by atoms with Crippen LogP contribution in [-0.4, -0.2) is 29.3 Å². The minimum absolute atomic E-state index is 0.0521. The van der Waals surface area contributed by atoms with Gasteiger partial charge in [0.1, 0.15) is 6.54 Å². The Hall–Kier alpha value is -4.27. The van der Waals surface area contributed by atoms with Crippen molar-refractivity contribution < 1.29 is 4.52 Å². The number of aromatic nitrogens is 6. The Kier molecular flexibility index (Phi) is 5.47. The maximum Gasteiger partial charge on any atom is 0.353 e. The number of fused-ring (bicyclic) bond motifs is 1. The second-order valence-corrected chi connectivity index (χ2v) is 9.69. The van der Waals surface area contributed by atoms with E-state index in [1.54, 1.807) is 6.07 Å². The van der Waals surface area contributed by atoms with Gasteiger partial charge >= 0.3 is 5.69 Å². The zero-order valence-corrected chi connectivity index (χ0v) is 20.4. The van der Waals surface area contributed by atoms with E-state index in [0.717, 1.165) is 22.5 Å². The fourth-order valence-corrected chi connectivity index (χ4v) is 3.88. The lowest BCUT2D eigenvalue weighted by Crippen LogP contribution is -2.23. The second kappa shape index (κ2) is 8.50. The molecule has 0 aliphatic carbocycles. The molecule has 178 valence electrons. The van der Waals surface area contributed by atoms with E-state index in [0.29, 0.717) is 23.3 Å². The fraction of sp³-hybridized carbons (Fsp3) is 0.269. The Morgan fingerprint density at radius 3 is 2.49 bits per heavy atom. The zero-order chi connectivity index (χ0) is 24.7. The van der Waals surface area contributed by atoms with Gasteiger partial charge in [-0.25, -0.2) is 18.9 Å². The monoisotopic (exact) mass is 469 g/mol. The van der Waals surface area contributed by atoms with Crippen molar-refractivity contribution in [2.45, 2.75) is 46.6 Å². The third kappa shape index (κ3) is 4.57. The Bertz CT molecular complexity index is 1570.